The molecule has 0 spiro atoms. The lowest BCUT2D eigenvalue weighted by atomic mass is 10.1. The van der Waals surface area contributed by atoms with Gasteiger partial charge in [-0.05, 0) is 57.1 Å². The van der Waals surface area contributed by atoms with E-state index in [-0.39, 0.29) is 11.8 Å². The van der Waals surface area contributed by atoms with Crippen molar-refractivity contribution < 1.29 is 9.21 Å². The molecule has 1 aliphatic heterocycles. The Morgan fingerprint density at radius 2 is 1.76 bits per heavy atom. The number of likely N-dealkylation sites (tertiary alicyclic amines) is 1. The third-order valence-electron chi connectivity index (χ3n) is 4.39. The number of carbonyl (C=O) groups is 1. The Morgan fingerprint density at radius 1 is 1.04 bits per heavy atom. The van der Waals surface area contributed by atoms with Crippen LogP contribution >= 0.6 is 0 Å². The largest absolute Gasteiger partial charge is 0.431 e. The summed E-state index contributed by atoms with van der Waals surface area (Å²) >= 11 is 0. The molecule has 5 heteroatoms. The van der Waals surface area contributed by atoms with Crippen molar-refractivity contribution in [1.29, 1.82) is 0 Å². The summed E-state index contributed by atoms with van der Waals surface area (Å²) in [7, 11) is 0. The van der Waals surface area contributed by atoms with Crippen LogP contribution in [-0.2, 0) is 0 Å². The minimum Gasteiger partial charge on any atom is -0.431 e. The molecule has 1 saturated heterocycles. The fourth-order valence-electron chi connectivity index (χ4n) is 2.98. The van der Waals surface area contributed by atoms with Crippen LogP contribution < -0.4 is 0 Å². The van der Waals surface area contributed by atoms with Crippen LogP contribution in [-0.4, -0.2) is 33.9 Å². The van der Waals surface area contributed by atoms with Crippen molar-refractivity contribution in [3.05, 3.63) is 35.9 Å². The van der Waals surface area contributed by atoms with Crippen LogP contribution in [0.5, 0.6) is 0 Å². The summed E-state index contributed by atoms with van der Waals surface area (Å²) < 4.78 is 5.45. The van der Waals surface area contributed by atoms with Gasteiger partial charge in [-0.25, -0.2) is 4.98 Å². The Morgan fingerprint density at radius 3 is 2.36 bits per heavy atom. The molecule has 1 aliphatic carbocycles. The highest BCUT2D eigenvalue weighted by atomic mass is 16.4. The van der Waals surface area contributed by atoms with Gasteiger partial charge in [-0.1, -0.05) is 18.1 Å². The summed E-state index contributed by atoms with van der Waals surface area (Å²) in [5, 5.41) is 0. The number of piperidine rings is 1. The summed E-state index contributed by atoms with van der Waals surface area (Å²) in [6, 6.07) is 3.36. The lowest BCUT2D eigenvalue weighted by Gasteiger charge is -2.25. The number of hydrogen-bond acceptors (Lipinski definition) is 4. The zero-order valence-corrected chi connectivity index (χ0v) is 14.4. The Kier molecular flexibility index (Phi) is 5.84. The van der Waals surface area contributed by atoms with Gasteiger partial charge in [0.2, 0.25) is 5.65 Å². The molecule has 4 rings (SSSR count). The van der Waals surface area contributed by atoms with Crippen LogP contribution in [0.15, 0.2) is 28.7 Å². The van der Waals surface area contributed by atoms with Gasteiger partial charge in [0.1, 0.15) is 5.69 Å². The molecule has 130 valence electrons. The Balaban J connectivity index is 0.000000258. The van der Waals surface area contributed by atoms with Gasteiger partial charge in [-0.2, -0.15) is 4.98 Å². The van der Waals surface area contributed by atoms with E-state index in [1.165, 1.54) is 32.1 Å². The van der Waals surface area contributed by atoms with E-state index in [2.05, 4.69) is 28.0 Å². The fraction of sp³-hybridized carbons (Fsp3) is 0.450. The zero-order valence-electron chi connectivity index (χ0n) is 14.4. The van der Waals surface area contributed by atoms with Gasteiger partial charge in [-0.15, -0.1) is 6.42 Å². The second kappa shape index (κ2) is 8.48. The smallest absolute Gasteiger partial charge is 0.309 e. The molecule has 5 nitrogen and oxygen atoms in total. The number of nitrogens with zero attached hydrogens (tertiary/aromatic N) is 3. The lowest BCUT2D eigenvalue weighted by Crippen LogP contribution is -2.35. The molecule has 0 aromatic carbocycles. The normalized spacial score (nSPS) is 16.8. The molecule has 25 heavy (non-hydrogen) atoms. The minimum atomic E-state index is -0.167. The standard InChI is InChI=1S/C14H13N3O2.C6H10/c1-2-10-6-7-11-12(15-10)16-13(19-11)14(18)17-8-4-3-5-9-17;1-2-4-6-5-3-1/h1,6-7H,3-5,8-9H2;1-2H,3-6H2. The van der Waals surface area contributed by atoms with Gasteiger partial charge >= 0.3 is 5.91 Å². The van der Waals surface area contributed by atoms with Crippen LogP contribution in [0, 0.1) is 12.3 Å². The molecule has 0 unspecified atom stereocenters. The van der Waals surface area contributed by atoms with Crippen LogP contribution in [0.25, 0.3) is 11.2 Å². The summed E-state index contributed by atoms with van der Waals surface area (Å²) in [5.41, 5.74) is 1.35. The van der Waals surface area contributed by atoms with Crippen LogP contribution in [0.1, 0.15) is 61.3 Å². The molecule has 2 aromatic rings. The van der Waals surface area contributed by atoms with Crippen molar-refractivity contribution in [2.75, 3.05) is 13.1 Å². The van der Waals surface area contributed by atoms with E-state index in [0.717, 1.165) is 25.9 Å². The van der Waals surface area contributed by atoms with Crippen molar-refractivity contribution >= 4 is 17.1 Å². The topological polar surface area (TPSA) is 59.2 Å². The average molecular weight is 337 g/mol. The van der Waals surface area contributed by atoms with E-state index in [9.17, 15) is 4.79 Å². The van der Waals surface area contributed by atoms with E-state index in [1.807, 2.05) is 0 Å². The summed E-state index contributed by atoms with van der Waals surface area (Å²) in [4.78, 5) is 22.3. The maximum atomic E-state index is 12.2. The number of pyridine rings is 1. The van der Waals surface area contributed by atoms with E-state index in [0.29, 0.717) is 16.9 Å². The van der Waals surface area contributed by atoms with Crippen molar-refractivity contribution in [2.45, 2.75) is 44.9 Å². The number of aromatic nitrogens is 2. The fourth-order valence-corrected chi connectivity index (χ4v) is 2.98. The highest BCUT2D eigenvalue weighted by molar-refractivity contribution is 5.92. The number of fused-ring (bicyclic) bond motifs is 1. The second-order valence-electron chi connectivity index (χ2n) is 6.29. The molecule has 2 aromatic heterocycles. The predicted molar refractivity (Wildman–Crippen MR) is 97.1 cm³/mol. The third kappa shape index (κ3) is 4.48. The quantitative estimate of drug-likeness (QED) is 0.584. The van der Waals surface area contributed by atoms with E-state index < -0.39 is 0 Å². The van der Waals surface area contributed by atoms with Crippen LogP contribution in [0.4, 0.5) is 0 Å². The predicted octanol–water partition coefficient (Wildman–Crippen LogP) is 3.95. The SMILES string of the molecule is C#Cc1ccc2oc(C(=O)N3CCCCC3)nc2n1.C1=CCCCC1. The number of terminal acetylenes is 1. The number of oxazole rings is 1. The number of carbonyl (C=O) groups excluding carboxylic acids is 1. The molecule has 0 bridgehead atoms. The number of amides is 1. The van der Waals surface area contributed by atoms with Crippen LogP contribution in [0.3, 0.4) is 0 Å². The highest BCUT2D eigenvalue weighted by Gasteiger charge is 2.23. The summed E-state index contributed by atoms with van der Waals surface area (Å²) in [5.74, 6) is 2.36. The van der Waals surface area contributed by atoms with Crippen molar-refractivity contribution in [3.63, 3.8) is 0 Å². The summed E-state index contributed by atoms with van der Waals surface area (Å²) in [6.07, 6.45) is 18.5. The van der Waals surface area contributed by atoms with Gasteiger partial charge in [0.05, 0.1) is 0 Å². The molecule has 0 N–H and O–H groups in total. The van der Waals surface area contributed by atoms with E-state index in [4.69, 9.17) is 10.8 Å². The molecular formula is C20H23N3O2. The molecule has 0 radical (unpaired) electrons. The van der Waals surface area contributed by atoms with Crippen molar-refractivity contribution in [1.82, 2.24) is 14.9 Å². The molecule has 1 fully saturated rings. The number of allylic oxidation sites excluding steroid dienone is 2. The molecule has 0 saturated carbocycles. The van der Waals surface area contributed by atoms with Gasteiger partial charge in [-0.3, -0.25) is 4.79 Å². The first-order valence-electron chi connectivity index (χ1n) is 8.96. The number of hydrogen-bond donors (Lipinski definition) is 0. The first-order valence-corrected chi connectivity index (χ1v) is 8.96. The molecule has 2 aliphatic rings. The van der Waals surface area contributed by atoms with E-state index in [1.54, 1.807) is 17.0 Å². The maximum absolute atomic E-state index is 12.2. The molecule has 1 amide bonds. The van der Waals surface area contributed by atoms with Gasteiger partial charge < -0.3 is 9.32 Å². The minimum absolute atomic E-state index is 0.0959. The zero-order chi connectivity index (χ0) is 17.5. The Bertz CT molecular complexity index is 787. The molecular weight excluding hydrogens is 314 g/mol. The molecule has 0 atom stereocenters. The lowest BCUT2D eigenvalue weighted by molar-refractivity contribution is 0.0686. The first kappa shape index (κ1) is 17.2. The third-order valence-corrected chi connectivity index (χ3v) is 4.39. The highest BCUT2D eigenvalue weighted by Crippen LogP contribution is 2.17. The summed E-state index contributed by atoms with van der Waals surface area (Å²) in [6.45, 7) is 1.53. The second-order valence-corrected chi connectivity index (χ2v) is 6.29. The van der Waals surface area contributed by atoms with Gasteiger partial charge in [0.15, 0.2) is 5.58 Å². The monoisotopic (exact) mass is 337 g/mol. The van der Waals surface area contributed by atoms with Crippen molar-refractivity contribution in [3.8, 4) is 12.3 Å². The number of rotatable bonds is 1. The van der Waals surface area contributed by atoms with Crippen molar-refractivity contribution in [2.24, 2.45) is 0 Å². The Labute approximate surface area is 148 Å². The maximum Gasteiger partial charge on any atom is 0.309 e. The average Bonchev–Trinajstić information content (AvgIpc) is 3.13. The first-order chi connectivity index (χ1) is 12.3. The Hall–Kier alpha value is -2.61. The van der Waals surface area contributed by atoms with Crippen LogP contribution in [0.2, 0.25) is 0 Å². The molecule has 3 heterocycles. The van der Waals surface area contributed by atoms with Gasteiger partial charge in [0.25, 0.3) is 5.89 Å². The van der Waals surface area contributed by atoms with Gasteiger partial charge in [0, 0.05) is 13.1 Å². The van der Waals surface area contributed by atoms with E-state index >= 15 is 0 Å².